The molecule has 178 valence electrons. The van der Waals surface area contributed by atoms with Crippen molar-refractivity contribution in [2.24, 2.45) is 23.3 Å². The number of primary amides is 1. The molecule has 11 nitrogen and oxygen atoms in total. The van der Waals surface area contributed by atoms with E-state index in [1.165, 1.54) is 0 Å². The summed E-state index contributed by atoms with van der Waals surface area (Å²) in [7, 11) is 0. The molecule has 0 heterocycles. The number of nitrogens with two attached hydrogens (primary N) is 2. The van der Waals surface area contributed by atoms with Crippen LogP contribution >= 0.6 is 12.6 Å². The number of hydrogen-bond donors (Lipinski definition) is 7. The van der Waals surface area contributed by atoms with E-state index >= 15 is 0 Å². The molecule has 0 fully saturated rings. The maximum Gasteiger partial charge on any atom is 0.326 e. The summed E-state index contributed by atoms with van der Waals surface area (Å²) in [6, 6.07) is -4.56. The number of carbonyl (C=O) groups is 5. The molecule has 5 atom stereocenters. The molecule has 0 aliphatic carbocycles. The lowest BCUT2D eigenvalue weighted by molar-refractivity contribution is -0.143. The number of carboxylic acids is 1. The number of carbonyl (C=O) groups excluding carboxylic acids is 4. The Morgan fingerprint density at radius 3 is 1.90 bits per heavy atom. The quantitative estimate of drug-likeness (QED) is 0.157. The average molecular weight is 462 g/mol. The number of nitrogens with one attached hydrogen (secondary N) is 3. The van der Waals surface area contributed by atoms with E-state index in [0.29, 0.717) is 6.42 Å². The first-order valence-electron chi connectivity index (χ1n) is 10.1. The van der Waals surface area contributed by atoms with E-state index < -0.39 is 60.2 Å². The van der Waals surface area contributed by atoms with Gasteiger partial charge in [0.15, 0.2) is 0 Å². The molecule has 0 radical (unpaired) electrons. The van der Waals surface area contributed by atoms with Gasteiger partial charge in [-0.25, -0.2) is 4.79 Å². The molecular formula is C19H35N5O6S. The molecule has 31 heavy (non-hydrogen) atoms. The molecule has 12 heteroatoms. The molecule has 0 aromatic heterocycles. The smallest absolute Gasteiger partial charge is 0.326 e. The molecule has 8 N–H and O–H groups in total. The Hall–Kier alpha value is -2.34. The van der Waals surface area contributed by atoms with Crippen LogP contribution in [0.25, 0.3) is 0 Å². The minimum atomic E-state index is -1.40. The van der Waals surface area contributed by atoms with E-state index in [9.17, 15) is 29.1 Å². The third kappa shape index (κ3) is 10.5. The standard InChI is InChI=1S/C19H35N5O6S/c1-5-10(4)15(24-16(26)11(20)8-31)18(28)22-12(7-14(21)25)17(27)23-13(19(29)30)6-9(2)3/h9-13,15,31H,5-8,20H2,1-4H3,(H2,21,25)(H,22,28)(H,23,27)(H,24,26)(H,29,30). The molecule has 0 saturated heterocycles. The first kappa shape index (κ1) is 28.7. The zero-order chi connectivity index (χ0) is 24.3. The van der Waals surface area contributed by atoms with Gasteiger partial charge < -0.3 is 32.5 Å². The molecule has 4 amide bonds. The molecule has 0 aromatic carbocycles. The Balaban J connectivity index is 5.54. The molecular weight excluding hydrogens is 426 g/mol. The van der Waals surface area contributed by atoms with Gasteiger partial charge in [-0.05, 0) is 18.3 Å². The van der Waals surface area contributed by atoms with Gasteiger partial charge in [0, 0.05) is 5.75 Å². The SMILES string of the molecule is CCC(C)C(NC(=O)C(N)CS)C(=O)NC(CC(N)=O)C(=O)NC(CC(C)C)C(=O)O. The second-order valence-corrected chi connectivity index (χ2v) is 8.29. The van der Waals surface area contributed by atoms with Gasteiger partial charge in [-0.1, -0.05) is 34.1 Å². The summed E-state index contributed by atoms with van der Waals surface area (Å²) < 4.78 is 0. The van der Waals surface area contributed by atoms with Gasteiger partial charge in [-0.3, -0.25) is 19.2 Å². The number of hydrogen-bond acceptors (Lipinski definition) is 7. The molecule has 0 rings (SSSR count). The van der Waals surface area contributed by atoms with Crippen molar-refractivity contribution in [1.82, 2.24) is 16.0 Å². The second-order valence-electron chi connectivity index (χ2n) is 7.92. The Morgan fingerprint density at radius 2 is 1.48 bits per heavy atom. The highest BCUT2D eigenvalue weighted by atomic mass is 32.1. The fraction of sp³-hybridized carbons (Fsp3) is 0.737. The molecule has 0 aromatic rings. The molecule has 0 aliphatic heterocycles. The van der Waals surface area contributed by atoms with E-state index in [0.717, 1.165) is 0 Å². The van der Waals surface area contributed by atoms with E-state index in [1.807, 2.05) is 6.92 Å². The maximum atomic E-state index is 12.8. The lowest BCUT2D eigenvalue weighted by Gasteiger charge is -2.27. The summed E-state index contributed by atoms with van der Waals surface area (Å²) in [5.41, 5.74) is 10.8. The van der Waals surface area contributed by atoms with Crippen molar-refractivity contribution in [2.45, 2.75) is 71.1 Å². The molecule has 0 aliphatic rings. The monoisotopic (exact) mass is 461 g/mol. The van der Waals surface area contributed by atoms with E-state index in [-0.39, 0.29) is 24.0 Å². The van der Waals surface area contributed by atoms with Crippen LogP contribution in [0.3, 0.4) is 0 Å². The normalized spacial score (nSPS) is 15.8. The Morgan fingerprint density at radius 1 is 0.935 bits per heavy atom. The summed E-state index contributed by atoms with van der Waals surface area (Å²) in [5, 5.41) is 16.6. The summed E-state index contributed by atoms with van der Waals surface area (Å²) in [6.07, 6.45) is 0.144. The van der Waals surface area contributed by atoms with Gasteiger partial charge in [-0.15, -0.1) is 0 Å². The Bertz CT molecular complexity index is 660. The zero-order valence-electron chi connectivity index (χ0n) is 18.4. The molecule has 5 unspecified atom stereocenters. The van der Waals surface area contributed by atoms with Crippen molar-refractivity contribution in [3.8, 4) is 0 Å². The van der Waals surface area contributed by atoms with Crippen molar-refractivity contribution in [3.05, 3.63) is 0 Å². The number of rotatable bonds is 14. The first-order valence-corrected chi connectivity index (χ1v) is 10.8. The molecule has 0 bridgehead atoms. The molecule has 0 spiro atoms. The van der Waals surface area contributed by atoms with E-state index in [2.05, 4.69) is 28.6 Å². The second kappa shape index (κ2) is 13.9. The lowest BCUT2D eigenvalue weighted by atomic mass is 9.97. The number of carboxylic acid groups (broad SMARTS) is 1. The van der Waals surface area contributed by atoms with Crippen LogP contribution in [-0.2, 0) is 24.0 Å². The van der Waals surface area contributed by atoms with Crippen molar-refractivity contribution >= 4 is 42.2 Å². The van der Waals surface area contributed by atoms with Crippen LogP contribution in [0.15, 0.2) is 0 Å². The highest BCUT2D eigenvalue weighted by molar-refractivity contribution is 7.80. The first-order chi connectivity index (χ1) is 14.3. The summed E-state index contributed by atoms with van der Waals surface area (Å²) in [5.74, 6) is -4.54. The van der Waals surface area contributed by atoms with Crippen LogP contribution in [0.1, 0.15) is 47.0 Å². The largest absolute Gasteiger partial charge is 0.480 e. The minimum absolute atomic E-state index is 0.0217. The predicted molar refractivity (Wildman–Crippen MR) is 118 cm³/mol. The lowest BCUT2D eigenvalue weighted by Crippen LogP contribution is -2.59. The van der Waals surface area contributed by atoms with Crippen molar-refractivity contribution in [1.29, 1.82) is 0 Å². The third-order valence-electron chi connectivity index (χ3n) is 4.69. The number of aliphatic carboxylic acids is 1. The topological polar surface area (TPSA) is 194 Å². The fourth-order valence-corrected chi connectivity index (χ4v) is 2.85. The van der Waals surface area contributed by atoms with Gasteiger partial charge in [0.1, 0.15) is 18.1 Å². The van der Waals surface area contributed by atoms with Gasteiger partial charge in [0.2, 0.25) is 23.6 Å². The van der Waals surface area contributed by atoms with Crippen molar-refractivity contribution < 1.29 is 29.1 Å². The van der Waals surface area contributed by atoms with Crippen LogP contribution < -0.4 is 27.4 Å². The average Bonchev–Trinajstić information content (AvgIpc) is 2.68. The van der Waals surface area contributed by atoms with Gasteiger partial charge in [0.05, 0.1) is 12.5 Å². The number of amides is 4. The maximum absolute atomic E-state index is 12.8. The zero-order valence-corrected chi connectivity index (χ0v) is 19.3. The Labute approximate surface area is 187 Å². The van der Waals surface area contributed by atoms with Gasteiger partial charge >= 0.3 is 5.97 Å². The number of thiol groups is 1. The third-order valence-corrected chi connectivity index (χ3v) is 5.08. The van der Waals surface area contributed by atoms with Crippen LogP contribution in [0.4, 0.5) is 0 Å². The van der Waals surface area contributed by atoms with Crippen LogP contribution in [-0.4, -0.2) is 64.6 Å². The van der Waals surface area contributed by atoms with E-state index in [1.54, 1.807) is 20.8 Å². The summed E-state index contributed by atoms with van der Waals surface area (Å²) >= 11 is 3.96. The van der Waals surface area contributed by atoms with E-state index in [4.69, 9.17) is 11.5 Å². The van der Waals surface area contributed by atoms with Crippen LogP contribution in [0.2, 0.25) is 0 Å². The summed E-state index contributed by atoms with van der Waals surface area (Å²) in [4.78, 5) is 60.5. The Kier molecular flexibility index (Phi) is 12.8. The van der Waals surface area contributed by atoms with Gasteiger partial charge in [-0.2, -0.15) is 12.6 Å². The van der Waals surface area contributed by atoms with Crippen molar-refractivity contribution in [2.75, 3.05) is 5.75 Å². The van der Waals surface area contributed by atoms with Crippen molar-refractivity contribution in [3.63, 3.8) is 0 Å². The highest BCUT2D eigenvalue weighted by Crippen LogP contribution is 2.10. The molecule has 0 saturated carbocycles. The fourth-order valence-electron chi connectivity index (χ4n) is 2.68. The predicted octanol–water partition coefficient (Wildman–Crippen LogP) is -1.25. The highest BCUT2D eigenvalue weighted by Gasteiger charge is 2.33. The van der Waals surface area contributed by atoms with Crippen LogP contribution in [0.5, 0.6) is 0 Å². The van der Waals surface area contributed by atoms with Gasteiger partial charge in [0.25, 0.3) is 0 Å². The minimum Gasteiger partial charge on any atom is -0.480 e. The summed E-state index contributed by atoms with van der Waals surface area (Å²) in [6.45, 7) is 7.12. The van der Waals surface area contributed by atoms with Crippen LogP contribution in [0, 0.1) is 11.8 Å².